The molecule has 0 atom stereocenters. The zero-order valence-electron chi connectivity index (χ0n) is 14.1. The third-order valence-electron chi connectivity index (χ3n) is 4.25. The number of aryl methyl sites for hydroxylation is 1. The van der Waals surface area contributed by atoms with Crippen LogP contribution in [0, 0.1) is 0 Å². The minimum absolute atomic E-state index is 0.848. The summed E-state index contributed by atoms with van der Waals surface area (Å²) in [6.07, 6.45) is 7.31. The lowest BCUT2D eigenvalue weighted by molar-refractivity contribution is 0.0374. The number of morpholine rings is 1. The van der Waals surface area contributed by atoms with Gasteiger partial charge in [-0.1, -0.05) is 44.4 Å². The minimum atomic E-state index is 0.848. The Morgan fingerprint density at radius 1 is 1.05 bits per heavy atom. The molecular weight excluding hydrogens is 274 g/mol. The first kappa shape index (κ1) is 17.3. The maximum atomic E-state index is 5.99. The normalized spacial score (nSPS) is 15.9. The van der Waals surface area contributed by atoms with Gasteiger partial charge in [-0.05, 0) is 37.4 Å². The van der Waals surface area contributed by atoms with Crippen LogP contribution in [-0.2, 0) is 11.2 Å². The molecule has 0 amide bonds. The van der Waals surface area contributed by atoms with E-state index in [9.17, 15) is 0 Å². The van der Waals surface area contributed by atoms with Crippen LogP contribution in [0.4, 0.5) is 0 Å². The molecule has 0 saturated carbocycles. The second-order valence-electron chi connectivity index (χ2n) is 6.07. The highest BCUT2D eigenvalue weighted by Crippen LogP contribution is 2.20. The fourth-order valence-corrected chi connectivity index (χ4v) is 2.88. The number of benzene rings is 1. The molecule has 0 N–H and O–H groups in total. The Morgan fingerprint density at radius 2 is 1.86 bits per heavy atom. The average Bonchev–Trinajstić information content (AvgIpc) is 2.57. The van der Waals surface area contributed by atoms with E-state index in [1.807, 2.05) is 0 Å². The molecule has 0 aliphatic carbocycles. The summed E-state index contributed by atoms with van der Waals surface area (Å²) in [7, 11) is 0. The summed E-state index contributed by atoms with van der Waals surface area (Å²) in [6.45, 7) is 8.18. The van der Waals surface area contributed by atoms with Gasteiger partial charge in [-0.15, -0.1) is 0 Å². The van der Waals surface area contributed by atoms with E-state index in [0.717, 1.165) is 58.0 Å². The zero-order valence-corrected chi connectivity index (χ0v) is 14.1. The number of ether oxygens (including phenoxy) is 2. The summed E-state index contributed by atoms with van der Waals surface area (Å²) in [6, 6.07) is 8.52. The minimum Gasteiger partial charge on any atom is -0.493 e. The van der Waals surface area contributed by atoms with Crippen LogP contribution >= 0.6 is 0 Å². The molecule has 1 aliphatic rings. The SMILES string of the molecule is CCCCCCOc1ccccc1CCCN1CCOCC1. The molecule has 0 unspecified atom stereocenters. The Morgan fingerprint density at radius 3 is 2.68 bits per heavy atom. The van der Waals surface area contributed by atoms with Crippen molar-refractivity contribution in [2.24, 2.45) is 0 Å². The largest absolute Gasteiger partial charge is 0.493 e. The summed E-state index contributed by atoms with van der Waals surface area (Å²) < 4.78 is 11.4. The Balaban J connectivity index is 1.70. The maximum absolute atomic E-state index is 5.99. The van der Waals surface area contributed by atoms with E-state index >= 15 is 0 Å². The second-order valence-corrected chi connectivity index (χ2v) is 6.07. The first-order valence-electron chi connectivity index (χ1n) is 8.91. The molecule has 0 radical (unpaired) electrons. The van der Waals surface area contributed by atoms with Gasteiger partial charge in [0.2, 0.25) is 0 Å². The Bertz CT molecular complexity index is 402. The lowest BCUT2D eigenvalue weighted by Gasteiger charge is -2.26. The monoisotopic (exact) mass is 305 g/mol. The first-order chi connectivity index (χ1) is 10.9. The fraction of sp³-hybridized carbons (Fsp3) is 0.684. The molecule has 1 aromatic rings. The molecule has 124 valence electrons. The molecule has 1 aromatic carbocycles. The van der Waals surface area contributed by atoms with Crippen molar-refractivity contribution >= 4 is 0 Å². The number of para-hydroxylation sites is 1. The summed E-state index contributed by atoms with van der Waals surface area (Å²) in [5, 5.41) is 0. The van der Waals surface area contributed by atoms with Gasteiger partial charge >= 0.3 is 0 Å². The van der Waals surface area contributed by atoms with Crippen molar-refractivity contribution in [2.45, 2.75) is 45.4 Å². The highest BCUT2D eigenvalue weighted by atomic mass is 16.5. The van der Waals surface area contributed by atoms with E-state index in [0.29, 0.717) is 0 Å². The van der Waals surface area contributed by atoms with Crippen LogP contribution in [0.25, 0.3) is 0 Å². The van der Waals surface area contributed by atoms with Crippen molar-refractivity contribution in [2.75, 3.05) is 39.5 Å². The number of hydrogen-bond donors (Lipinski definition) is 0. The van der Waals surface area contributed by atoms with Gasteiger partial charge in [-0.2, -0.15) is 0 Å². The lowest BCUT2D eigenvalue weighted by Crippen LogP contribution is -2.36. The Kier molecular flexibility index (Phi) is 8.36. The van der Waals surface area contributed by atoms with Crippen molar-refractivity contribution in [3.05, 3.63) is 29.8 Å². The van der Waals surface area contributed by atoms with Crippen LogP contribution < -0.4 is 4.74 Å². The van der Waals surface area contributed by atoms with E-state index < -0.39 is 0 Å². The molecule has 1 aliphatic heterocycles. The van der Waals surface area contributed by atoms with Crippen LogP contribution in [0.15, 0.2) is 24.3 Å². The molecule has 22 heavy (non-hydrogen) atoms. The maximum Gasteiger partial charge on any atom is 0.122 e. The molecule has 3 heteroatoms. The third kappa shape index (κ3) is 6.37. The van der Waals surface area contributed by atoms with Gasteiger partial charge < -0.3 is 9.47 Å². The summed E-state index contributed by atoms with van der Waals surface area (Å²) in [5.41, 5.74) is 1.35. The van der Waals surface area contributed by atoms with Gasteiger partial charge in [0.15, 0.2) is 0 Å². The molecule has 1 saturated heterocycles. The highest BCUT2D eigenvalue weighted by Gasteiger charge is 2.10. The molecule has 3 nitrogen and oxygen atoms in total. The average molecular weight is 305 g/mol. The Hall–Kier alpha value is -1.06. The quantitative estimate of drug-likeness (QED) is 0.612. The molecule has 1 fully saturated rings. The molecule has 0 spiro atoms. The number of nitrogens with zero attached hydrogens (tertiary/aromatic N) is 1. The van der Waals surface area contributed by atoms with Crippen LogP contribution in [0.5, 0.6) is 5.75 Å². The number of rotatable bonds is 10. The van der Waals surface area contributed by atoms with Crippen molar-refractivity contribution < 1.29 is 9.47 Å². The summed E-state index contributed by atoms with van der Waals surface area (Å²) in [5.74, 6) is 1.08. The van der Waals surface area contributed by atoms with Gasteiger partial charge in [0, 0.05) is 13.1 Å². The zero-order chi connectivity index (χ0) is 15.5. The Labute approximate surface area is 135 Å². The van der Waals surface area contributed by atoms with E-state index in [4.69, 9.17) is 9.47 Å². The van der Waals surface area contributed by atoms with Gasteiger partial charge in [0.1, 0.15) is 5.75 Å². The van der Waals surface area contributed by atoms with Crippen LogP contribution in [0.2, 0.25) is 0 Å². The summed E-state index contributed by atoms with van der Waals surface area (Å²) >= 11 is 0. The van der Waals surface area contributed by atoms with Gasteiger partial charge in [-0.3, -0.25) is 4.90 Å². The lowest BCUT2D eigenvalue weighted by atomic mass is 10.1. The van der Waals surface area contributed by atoms with Gasteiger partial charge in [-0.25, -0.2) is 0 Å². The molecule has 1 heterocycles. The van der Waals surface area contributed by atoms with E-state index in [1.54, 1.807) is 0 Å². The molecule has 2 rings (SSSR count). The number of hydrogen-bond acceptors (Lipinski definition) is 3. The smallest absolute Gasteiger partial charge is 0.122 e. The van der Waals surface area contributed by atoms with Crippen LogP contribution in [-0.4, -0.2) is 44.4 Å². The molecule has 0 bridgehead atoms. The fourth-order valence-electron chi connectivity index (χ4n) is 2.88. The van der Waals surface area contributed by atoms with E-state index in [1.165, 1.54) is 31.2 Å². The van der Waals surface area contributed by atoms with E-state index in [2.05, 4.69) is 36.1 Å². The first-order valence-corrected chi connectivity index (χ1v) is 8.91. The van der Waals surface area contributed by atoms with Crippen molar-refractivity contribution in [3.8, 4) is 5.75 Å². The third-order valence-corrected chi connectivity index (χ3v) is 4.25. The van der Waals surface area contributed by atoms with Gasteiger partial charge in [0.05, 0.1) is 19.8 Å². The predicted octanol–water partition coefficient (Wildman–Crippen LogP) is 3.91. The topological polar surface area (TPSA) is 21.7 Å². The highest BCUT2D eigenvalue weighted by molar-refractivity contribution is 5.33. The summed E-state index contributed by atoms with van der Waals surface area (Å²) in [4.78, 5) is 2.50. The standard InChI is InChI=1S/C19H31NO2/c1-2-3-4-7-15-22-19-11-6-5-9-18(19)10-8-12-20-13-16-21-17-14-20/h5-6,9,11H,2-4,7-8,10,12-17H2,1H3. The van der Waals surface area contributed by atoms with Crippen molar-refractivity contribution in [3.63, 3.8) is 0 Å². The van der Waals surface area contributed by atoms with Crippen molar-refractivity contribution in [1.82, 2.24) is 4.90 Å². The van der Waals surface area contributed by atoms with Crippen molar-refractivity contribution in [1.29, 1.82) is 0 Å². The molecule has 0 aromatic heterocycles. The predicted molar refractivity (Wildman–Crippen MR) is 91.7 cm³/mol. The van der Waals surface area contributed by atoms with Crippen LogP contribution in [0.3, 0.4) is 0 Å². The molecular formula is C19H31NO2. The van der Waals surface area contributed by atoms with Gasteiger partial charge in [0.25, 0.3) is 0 Å². The van der Waals surface area contributed by atoms with E-state index in [-0.39, 0.29) is 0 Å². The second kappa shape index (κ2) is 10.6. The number of unbranched alkanes of at least 4 members (excludes halogenated alkanes) is 3. The van der Waals surface area contributed by atoms with Crippen LogP contribution in [0.1, 0.15) is 44.6 Å².